The molecule has 1 aliphatic rings. The highest BCUT2D eigenvalue weighted by Crippen LogP contribution is 2.29. The zero-order valence-corrected chi connectivity index (χ0v) is 16.0. The van der Waals surface area contributed by atoms with E-state index in [1.165, 1.54) is 39.7 Å². The maximum Gasteiger partial charge on any atom is 0.230 e. The van der Waals surface area contributed by atoms with E-state index in [-0.39, 0.29) is 23.5 Å². The zero-order chi connectivity index (χ0) is 19.5. The molecule has 1 aliphatic carbocycles. The van der Waals surface area contributed by atoms with Crippen LogP contribution < -0.4 is 11.2 Å². The Balaban J connectivity index is 1.40. The minimum Gasteiger partial charge on any atom is -0.349 e. The lowest BCUT2D eigenvalue weighted by Gasteiger charge is -2.26. The van der Waals surface area contributed by atoms with Gasteiger partial charge in [-0.05, 0) is 42.5 Å². The Morgan fingerprint density at radius 1 is 1.25 bits per heavy atom. The molecule has 144 valence electrons. The number of carbonyl (C=O) groups excluding carboxylic acids is 1. The number of carbonyl (C=O) groups is 1. The topological polar surface area (TPSA) is 85.8 Å². The predicted octanol–water partition coefficient (Wildman–Crippen LogP) is 3.08. The molecule has 4 rings (SSSR count). The second kappa shape index (κ2) is 8.02. The molecule has 0 aliphatic heterocycles. The first-order valence-electron chi connectivity index (χ1n) is 9.08. The molecule has 2 aromatic carbocycles. The van der Waals surface area contributed by atoms with E-state index in [2.05, 4.69) is 27.6 Å². The molecule has 0 spiro atoms. The van der Waals surface area contributed by atoms with E-state index in [4.69, 9.17) is 5.84 Å². The smallest absolute Gasteiger partial charge is 0.230 e. The van der Waals surface area contributed by atoms with Crippen molar-refractivity contribution in [3.05, 3.63) is 65.5 Å². The molecular weight excluding hydrogens is 377 g/mol. The third-order valence-corrected chi connectivity index (χ3v) is 5.73. The van der Waals surface area contributed by atoms with Crippen molar-refractivity contribution in [1.82, 2.24) is 20.2 Å². The van der Waals surface area contributed by atoms with Crippen molar-refractivity contribution in [1.29, 1.82) is 0 Å². The van der Waals surface area contributed by atoms with Crippen molar-refractivity contribution in [3.63, 3.8) is 0 Å². The summed E-state index contributed by atoms with van der Waals surface area (Å²) in [6.45, 7) is 0. The lowest BCUT2D eigenvalue weighted by Crippen LogP contribution is -2.32. The van der Waals surface area contributed by atoms with Gasteiger partial charge in [0.25, 0.3) is 0 Å². The number of hydrogen-bond acceptors (Lipinski definition) is 5. The maximum atomic E-state index is 13.4. The van der Waals surface area contributed by atoms with Crippen molar-refractivity contribution < 1.29 is 9.18 Å². The van der Waals surface area contributed by atoms with E-state index in [0.717, 1.165) is 19.3 Å². The number of amides is 1. The molecule has 6 nitrogen and oxygen atoms in total. The second-order valence-corrected chi connectivity index (χ2v) is 7.63. The van der Waals surface area contributed by atoms with Gasteiger partial charge in [-0.3, -0.25) is 4.79 Å². The number of thioether (sulfide) groups is 1. The zero-order valence-electron chi connectivity index (χ0n) is 15.1. The Bertz CT molecular complexity index is 1010. The normalized spacial score (nSPS) is 15.8. The highest BCUT2D eigenvalue weighted by Gasteiger charge is 2.22. The number of aryl methyl sites for hydroxylation is 1. The monoisotopic (exact) mass is 397 g/mol. The SMILES string of the molecule is Nn1c(SCC(=O)NC2CCCc3ccccc32)nnc1-c1cccc(F)c1. The van der Waals surface area contributed by atoms with Crippen LogP contribution in [0.25, 0.3) is 11.4 Å². The summed E-state index contributed by atoms with van der Waals surface area (Å²) in [7, 11) is 0. The summed E-state index contributed by atoms with van der Waals surface area (Å²) >= 11 is 1.20. The molecule has 0 radical (unpaired) electrons. The van der Waals surface area contributed by atoms with Gasteiger partial charge in [-0.25, -0.2) is 9.07 Å². The lowest BCUT2D eigenvalue weighted by atomic mass is 9.88. The van der Waals surface area contributed by atoms with Gasteiger partial charge in [0.05, 0.1) is 11.8 Å². The first-order valence-corrected chi connectivity index (χ1v) is 10.1. The summed E-state index contributed by atoms with van der Waals surface area (Å²) in [6.07, 6.45) is 3.05. The number of hydrogen-bond donors (Lipinski definition) is 2. The molecular formula is C20H20FN5OS. The van der Waals surface area contributed by atoms with Crippen LogP contribution in [0.5, 0.6) is 0 Å². The quantitative estimate of drug-likeness (QED) is 0.510. The number of aromatic nitrogens is 3. The van der Waals surface area contributed by atoms with Crippen LogP contribution in [0.15, 0.2) is 53.7 Å². The molecule has 0 fully saturated rings. The van der Waals surface area contributed by atoms with Gasteiger partial charge in [0.1, 0.15) is 5.82 Å². The Kier molecular flexibility index (Phi) is 5.29. The number of nitrogens with one attached hydrogen (secondary N) is 1. The van der Waals surface area contributed by atoms with Crippen LogP contribution in [0, 0.1) is 5.82 Å². The van der Waals surface area contributed by atoms with Gasteiger partial charge in [0.2, 0.25) is 11.1 Å². The van der Waals surface area contributed by atoms with Crippen molar-refractivity contribution in [2.45, 2.75) is 30.5 Å². The van der Waals surface area contributed by atoms with Crippen molar-refractivity contribution in [3.8, 4) is 11.4 Å². The summed E-state index contributed by atoms with van der Waals surface area (Å²) in [6, 6.07) is 14.3. The van der Waals surface area contributed by atoms with E-state index in [1.54, 1.807) is 12.1 Å². The van der Waals surface area contributed by atoms with E-state index in [1.807, 2.05) is 12.1 Å². The van der Waals surface area contributed by atoms with Gasteiger partial charge < -0.3 is 11.2 Å². The van der Waals surface area contributed by atoms with Crippen LogP contribution in [0.4, 0.5) is 4.39 Å². The maximum absolute atomic E-state index is 13.4. The highest BCUT2D eigenvalue weighted by molar-refractivity contribution is 7.99. The van der Waals surface area contributed by atoms with Crippen LogP contribution in [0.3, 0.4) is 0 Å². The molecule has 28 heavy (non-hydrogen) atoms. The second-order valence-electron chi connectivity index (χ2n) is 6.69. The largest absolute Gasteiger partial charge is 0.349 e. The molecule has 3 N–H and O–H groups in total. The number of halogens is 1. The fourth-order valence-corrected chi connectivity index (χ4v) is 4.14. The lowest BCUT2D eigenvalue weighted by molar-refractivity contribution is -0.119. The number of nitrogen functional groups attached to an aromatic ring is 1. The number of fused-ring (bicyclic) bond motifs is 1. The molecule has 0 saturated heterocycles. The molecule has 8 heteroatoms. The van der Waals surface area contributed by atoms with Crippen molar-refractivity contribution in [2.24, 2.45) is 0 Å². The molecule has 1 heterocycles. The van der Waals surface area contributed by atoms with Gasteiger partial charge in [-0.1, -0.05) is 48.2 Å². The number of nitrogens with zero attached hydrogens (tertiary/aromatic N) is 3. The van der Waals surface area contributed by atoms with Crippen LogP contribution in [-0.4, -0.2) is 26.5 Å². The summed E-state index contributed by atoms with van der Waals surface area (Å²) in [5.74, 6) is 6.11. The van der Waals surface area contributed by atoms with E-state index in [0.29, 0.717) is 16.5 Å². The van der Waals surface area contributed by atoms with Crippen molar-refractivity contribution in [2.75, 3.05) is 11.6 Å². The minimum atomic E-state index is -0.373. The van der Waals surface area contributed by atoms with E-state index in [9.17, 15) is 9.18 Å². The molecule has 3 aromatic rings. The Morgan fingerprint density at radius 3 is 2.96 bits per heavy atom. The molecule has 1 atom stereocenters. The van der Waals surface area contributed by atoms with Gasteiger partial charge in [0.15, 0.2) is 5.82 Å². The van der Waals surface area contributed by atoms with Gasteiger partial charge in [0, 0.05) is 5.56 Å². The summed E-state index contributed by atoms with van der Waals surface area (Å²) in [5.41, 5.74) is 3.03. The predicted molar refractivity (Wildman–Crippen MR) is 107 cm³/mol. The highest BCUT2D eigenvalue weighted by atomic mass is 32.2. The average molecular weight is 397 g/mol. The van der Waals surface area contributed by atoms with Gasteiger partial charge in [-0.2, -0.15) is 0 Å². The molecule has 1 unspecified atom stereocenters. The van der Waals surface area contributed by atoms with Crippen LogP contribution in [-0.2, 0) is 11.2 Å². The Hall–Kier alpha value is -2.87. The fraction of sp³-hybridized carbons (Fsp3) is 0.250. The van der Waals surface area contributed by atoms with Gasteiger partial charge in [-0.15, -0.1) is 10.2 Å². The van der Waals surface area contributed by atoms with Crippen LogP contribution in [0.2, 0.25) is 0 Å². The number of nitrogens with two attached hydrogens (primary N) is 1. The average Bonchev–Trinajstić information content (AvgIpc) is 3.07. The third-order valence-electron chi connectivity index (χ3n) is 4.78. The fourth-order valence-electron chi connectivity index (χ4n) is 3.47. The van der Waals surface area contributed by atoms with Crippen molar-refractivity contribution >= 4 is 17.7 Å². The molecule has 0 saturated carbocycles. The summed E-state index contributed by atoms with van der Waals surface area (Å²) in [5, 5.41) is 11.5. The summed E-state index contributed by atoms with van der Waals surface area (Å²) < 4.78 is 14.7. The number of rotatable bonds is 5. The van der Waals surface area contributed by atoms with Crippen LogP contribution in [0.1, 0.15) is 30.0 Å². The summed E-state index contributed by atoms with van der Waals surface area (Å²) in [4.78, 5) is 12.4. The third kappa shape index (κ3) is 3.87. The first-order chi connectivity index (χ1) is 13.6. The standard InChI is InChI=1S/C20H20FN5OS/c21-15-8-3-7-14(11-15)19-24-25-20(26(19)22)28-12-18(27)23-17-10-4-6-13-5-1-2-9-16(13)17/h1-3,5,7-9,11,17H,4,6,10,12,22H2,(H,23,27). The first kappa shape index (κ1) is 18.5. The Labute approximate surface area is 166 Å². The van der Waals surface area contributed by atoms with E-state index < -0.39 is 0 Å². The van der Waals surface area contributed by atoms with Crippen LogP contribution >= 0.6 is 11.8 Å². The van der Waals surface area contributed by atoms with Gasteiger partial charge >= 0.3 is 0 Å². The van der Waals surface area contributed by atoms with E-state index >= 15 is 0 Å². The molecule has 1 aromatic heterocycles. The molecule has 1 amide bonds. The Morgan fingerprint density at radius 2 is 2.11 bits per heavy atom. The number of benzene rings is 2. The molecule has 0 bridgehead atoms. The minimum absolute atomic E-state index is 0.0386.